The minimum atomic E-state index is -0.666. The van der Waals surface area contributed by atoms with Crippen molar-refractivity contribution in [3.63, 3.8) is 0 Å². The van der Waals surface area contributed by atoms with E-state index in [1.807, 2.05) is 30.3 Å². The molecule has 2 heterocycles. The average Bonchev–Trinajstić information content (AvgIpc) is 3.19. The predicted octanol–water partition coefficient (Wildman–Crippen LogP) is 1.58. The quantitative estimate of drug-likeness (QED) is 0.491. The van der Waals surface area contributed by atoms with Gasteiger partial charge >= 0.3 is 5.97 Å². The van der Waals surface area contributed by atoms with Crippen molar-refractivity contribution in [3.8, 4) is 11.4 Å². The molecule has 2 aromatic heterocycles. The molecule has 0 unspecified atom stereocenters. The van der Waals surface area contributed by atoms with Crippen LogP contribution in [0.4, 0.5) is 0 Å². The number of rotatable bonds is 5. The molecule has 0 atom stereocenters. The Labute approximate surface area is 152 Å². The lowest BCUT2D eigenvalue weighted by molar-refractivity contribution is -0.146. The van der Waals surface area contributed by atoms with Gasteiger partial charge in [-0.2, -0.15) is 9.67 Å². The summed E-state index contributed by atoms with van der Waals surface area (Å²) in [6, 6.07) is 16.0. The van der Waals surface area contributed by atoms with Crippen molar-refractivity contribution in [3.05, 3.63) is 70.8 Å². The van der Waals surface area contributed by atoms with Crippen molar-refractivity contribution < 1.29 is 14.1 Å². The van der Waals surface area contributed by atoms with Gasteiger partial charge in [0.2, 0.25) is 5.82 Å². The van der Waals surface area contributed by atoms with Crippen molar-refractivity contribution in [2.45, 2.75) is 13.2 Å². The highest BCUT2D eigenvalue weighted by Crippen LogP contribution is 2.15. The Morgan fingerprint density at radius 1 is 1.07 bits per heavy atom. The van der Waals surface area contributed by atoms with Crippen LogP contribution in [0.5, 0.6) is 0 Å². The molecule has 0 aliphatic carbocycles. The highest BCUT2D eigenvalue weighted by atomic mass is 16.6. The maximum Gasteiger partial charge on any atom is 0.328 e. The number of hydrogen-bond donors (Lipinski definition) is 0. The van der Waals surface area contributed by atoms with Gasteiger partial charge in [-0.25, -0.2) is 0 Å². The van der Waals surface area contributed by atoms with Gasteiger partial charge in [-0.1, -0.05) is 52.8 Å². The number of esters is 1. The van der Waals surface area contributed by atoms with Crippen LogP contribution in [0.2, 0.25) is 0 Å². The zero-order valence-electron chi connectivity index (χ0n) is 14.0. The lowest BCUT2D eigenvalue weighted by atomic mass is 10.2. The number of aromatic nitrogens is 5. The van der Waals surface area contributed by atoms with Crippen LogP contribution in [0.1, 0.15) is 5.89 Å². The van der Waals surface area contributed by atoms with Crippen LogP contribution in [0, 0.1) is 0 Å². The third-order valence-electron chi connectivity index (χ3n) is 3.76. The fourth-order valence-corrected chi connectivity index (χ4v) is 2.46. The molecule has 2 aromatic carbocycles. The molecular formula is C18H13N5O4. The first-order valence-corrected chi connectivity index (χ1v) is 8.07. The number of hydrogen-bond acceptors (Lipinski definition) is 8. The van der Waals surface area contributed by atoms with Crippen molar-refractivity contribution in [2.24, 2.45) is 0 Å². The van der Waals surface area contributed by atoms with Gasteiger partial charge in [-0.3, -0.25) is 9.59 Å². The summed E-state index contributed by atoms with van der Waals surface area (Å²) in [6.45, 7) is -0.565. The lowest BCUT2D eigenvalue weighted by Gasteiger charge is -2.04. The molecule has 0 saturated carbocycles. The highest BCUT2D eigenvalue weighted by Gasteiger charge is 2.13. The second-order valence-corrected chi connectivity index (χ2v) is 5.61. The minimum absolute atomic E-state index is 0.152. The van der Waals surface area contributed by atoms with E-state index in [9.17, 15) is 9.59 Å². The molecule has 9 nitrogen and oxygen atoms in total. The summed E-state index contributed by atoms with van der Waals surface area (Å²) >= 11 is 0. The summed E-state index contributed by atoms with van der Waals surface area (Å²) in [7, 11) is 0. The Morgan fingerprint density at radius 2 is 1.85 bits per heavy atom. The number of fused-ring (bicyclic) bond motifs is 1. The largest absolute Gasteiger partial charge is 0.454 e. The van der Waals surface area contributed by atoms with Gasteiger partial charge in [-0.05, 0) is 12.1 Å². The molecule has 0 fully saturated rings. The lowest BCUT2D eigenvalue weighted by Crippen LogP contribution is -2.28. The molecule has 0 aliphatic heterocycles. The third-order valence-corrected chi connectivity index (χ3v) is 3.76. The summed E-state index contributed by atoms with van der Waals surface area (Å²) in [4.78, 5) is 28.5. The summed E-state index contributed by atoms with van der Waals surface area (Å²) in [5.74, 6) is -0.112. The van der Waals surface area contributed by atoms with Gasteiger partial charge in [0.15, 0.2) is 6.61 Å². The standard InChI is InChI=1S/C18H13N5O4/c24-16(10-23-18(25)13-8-4-5-9-14(13)20-22-23)26-11-15-19-17(21-27-15)12-6-2-1-3-7-12/h1-9H,10-11H2. The van der Waals surface area contributed by atoms with Gasteiger partial charge in [0.1, 0.15) is 12.1 Å². The summed E-state index contributed by atoms with van der Waals surface area (Å²) in [6.07, 6.45) is 0. The third kappa shape index (κ3) is 3.56. The van der Waals surface area contributed by atoms with Gasteiger partial charge in [-0.15, -0.1) is 5.10 Å². The molecule has 0 aliphatic rings. The number of carbonyl (C=O) groups excluding carboxylic acids is 1. The van der Waals surface area contributed by atoms with Crippen molar-refractivity contribution in [1.82, 2.24) is 25.1 Å². The number of benzene rings is 2. The summed E-state index contributed by atoms with van der Waals surface area (Å²) in [5.41, 5.74) is 0.838. The van der Waals surface area contributed by atoms with E-state index in [4.69, 9.17) is 9.26 Å². The Bertz CT molecular complexity index is 1150. The van der Waals surface area contributed by atoms with Crippen LogP contribution in [-0.2, 0) is 22.7 Å². The molecule has 0 N–H and O–H groups in total. The van der Waals surface area contributed by atoms with E-state index in [-0.39, 0.29) is 19.0 Å². The molecule has 0 radical (unpaired) electrons. The molecule has 4 aromatic rings. The van der Waals surface area contributed by atoms with Gasteiger partial charge in [0.05, 0.1) is 5.39 Å². The van der Waals surface area contributed by atoms with Gasteiger partial charge in [0, 0.05) is 5.56 Å². The zero-order chi connectivity index (χ0) is 18.6. The van der Waals surface area contributed by atoms with Crippen LogP contribution >= 0.6 is 0 Å². The van der Waals surface area contributed by atoms with Crippen LogP contribution in [0.3, 0.4) is 0 Å². The smallest absolute Gasteiger partial charge is 0.328 e. The van der Waals surface area contributed by atoms with E-state index in [0.29, 0.717) is 16.7 Å². The van der Waals surface area contributed by atoms with E-state index in [1.165, 1.54) is 0 Å². The average molecular weight is 363 g/mol. The normalized spacial score (nSPS) is 10.8. The number of carbonyl (C=O) groups is 1. The SMILES string of the molecule is O=C(Cn1nnc2ccccc2c1=O)OCc1nc(-c2ccccc2)no1. The molecule has 27 heavy (non-hydrogen) atoms. The highest BCUT2D eigenvalue weighted by molar-refractivity contribution is 5.77. The molecule has 4 rings (SSSR count). The van der Waals surface area contributed by atoms with Gasteiger partial charge < -0.3 is 9.26 Å². The first-order chi connectivity index (χ1) is 13.2. The fourth-order valence-electron chi connectivity index (χ4n) is 2.46. The molecule has 0 spiro atoms. The zero-order valence-corrected chi connectivity index (χ0v) is 14.0. The first kappa shape index (κ1) is 16.6. The maximum atomic E-state index is 12.3. The van der Waals surface area contributed by atoms with Crippen LogP contribution in [-0.4, -0.2) is 31.1 Å². The Morgan fingerprint density at radius 3 is 2.70 bits per heavy atom. The van der Waals surface area contributed by atoms with Gasteiger partial charge in [0.25, 0.3) is 11.4 Å². The first-order valence-electron chi connectivity index (χ1n) is 8.07. The summed E-state index contributed by atoms with van der Waals surface area (Å²) in [5, 5.41) is 11.9. The van der Waals surface area contributed by atoms with E-state index in [2.05, 4.69) is 20.5 Å². The number of nitrogens with zero attached hydrogens (tertiary/aromatic N) is 5. The number of ether oxygens (including phenoxy) is 1. The van der Waals surface area contributed by atoms with Crippen molar-refractivity contribution in [2.75, 3.05) is 0 Å². The Hall–Kier alpha value is -3.88. The van der Waals surface area contributed by atoms with E-state index >= 15 is 0 Å². The van der Waals surface area contributed by atoms with Crippen LogP contribution < -0.4 is 5.56 Å². The van der Waals surface area contributed by atoms with Crippen molar-refractivity contribution in [1.29, 1.82) is 0 Å². The molecular weight excluding hydrogens is 350 g/mol. The minimum Gasteiger partial charge on any atom is -0.454 e. The predicted molar refractivity (Wildman–Crippen MR) is 93.3 cm³/mol. The molecule has 9 heteroatoms. The maximum absolute atomic E-state index is 12.3. The van der Waals surface area contributed by atoms with E-state index in [1.54, 1.807) is 24.3 Å². The fraction of sp³-hybridized carbons (Fsp3) is 0.111. The Kier molecular flexibility index (Phi) is 4.40. The monoisotopic (exact) mass is 363 g/mol. The molecule has 0 amide bonds. The molecule has 0 saturated heterocycles. The second kappa shape index (κ2) is 7.16. The van der Waals surface area contributed by atoms with E-state index in [0.717, 1.165) is 10.2 Å². The molecule has 0 bridgehead atoms. The second-order valence-electron chi connectivity index (χ2n) is 5.61. The van der Waals surface area contributed by atoms with Crippen molar-refractivity contribution >= 4 is 16.9 Å². The molecule has 134 valence electrons. The topological polar surface area (TPSA) is 113 Å². The van der Waals surface area contributed by atoms with E-state index < -0.39 is 11.5 Å². The van der Waals surface area contributed by atoms with Crippen LogP contribution in [0.15, 0.2) is 63.9 Å². The summed E-state index contributed by atoms with van der Waals surface area (Å²) < 4.78 is 11.1. The van der Waals surface area contributed by atoms with Crippen LogP contribution in [0.25, 0.3) is 22.3 Å². The Balaban J connectivity index is 1.41.